The van der Waals surface area contributed by atoms with Crippen molar-refractivity contribution >= 4 is 70.1 Å². The molecule has 1 heterocycles. The molecule has 1 aromatic heterocycles. The third-order valence-electron chi connectivity index (χ3n) is 12.4. The minimum atomic E-state index is -0.486. The Kier molecular flexibility index (Phi) is 6.47. The van der Waals surface area contributed by atoms with E-state index >= 15 is 0 Å². The average molecular weight is 718 g/mol. The van der Waals surface area contributed by atoms with Crippen molar-refractivity contribution in [2.24, 2.45) is 0 Å². The molecule has 2 aliphatic carbocycles. The van der Waals surface area contributed by atoms with Crippen molar-refractivity contribution in [2.45, 2.75) is 18.8 Å². The van der Waals surface area contributed by atoms with Crippen LogP contribution < -0.4 is 4.90 Å². The number of rotatable bonds is 4. The molecule has 0 saturated heterocycles. The quantitative estimate of drug-likeness (QED) is 0.175. The number of benzene rings is 9. The van der Waals surface area contributed by atoms with E-state index in [-0.39, 0.29) is 0 Å². The molecule has 9 aromatic carbocycles. The molecule has 12 rings (SSSR count). The zero-order valence-electron chi connectivity index (χ0n) is 30.4. The second kappa shape index (κ2) is 11.5. The summed E-state index contributed by atoms with van der Waals surface area (Å²) in [5, 5.41) is 7.76. The van der Waals surface area contributed by atoms with E-state index in [0.29, 0.717) is 0 Å². The highest BCUT2D eigenvalue weighted by atomic mass is 32.1. The van der Waals surface area contributed by atoms with Gasteiger partial charge < -0.3 is 4.90 Å². The van der Waals surface area contributed by atoms with Gasteiger partial charge in [-0.3, -0.25) is 0 Å². The van der Waals surface area contributed by atoms with Gasteiger partial charge in [0.05, 0.1) is 5.41 Å². The molecule has 2 aliphatic rings. The average Bonchev–Trinajstić information content (AvgIpc) is 3.76. The first kappa shape index (κ1) is 30.9. The third-order valence-corrected chi connectivity index (χ3v) is 13.6. The van der Waals surface area contributed by atoms with Gasteiger partial charge in [-0.2, -0.15) is 0 Å². The fourth-order valence-electron chi connectivity index (χ4n) is 10.1. The van der Waals surface area contributed by atoms with E-state index < -0.39 is 5.41 Å². The maximum absolute atomic E-state index is 2.53. The van der Waals surface area contributed by atoms with Crippen molar-refractivity contribution in [3.63, 3.8) is 0 Å². The lowest BCUT2D eigenvalue weighted by Crippen LogP contribution is -2.33. The highest BCUT2D eigenvalue weighted by molar-refractivity contribution is 7.25. The molecule has 0 radical (unpaired) electrons. The van der Waals surface area contributed by atoms with Crippen LogP contribution in [-0.2, 0) is 11.8 Å². The Bertz CT molecular complexity index is 3220. The van der Waals surface area contributed by atoms with E-state index in [1.807, 2.05) is 11.3 Å². The number of hydrogen-bond donors (Lipinski definition) is 0. The van der Waals surface area contributed by atoms with Crippen molar-refractivity contribution in [2.75, 3.05) is 4.90 Å². The molecule has 0 saturated carbocycles. The fourth-order valence-corrected chi connectivity index (χ4v) is 11.2. The van der Waals surface area contributed by atoms with Crippen LogP contribution in [0.2, 0.25) is 0 Å². The Labute approximate surface area is 324 Å². The van der Waals surface area contributed by atoms with Gasteiger partial charge in [-0.1, -0.05) is 140 Å². The van der Waals surface area contributed by atoms with Crippen molar-refractivity contribution in [1.29, 1.82) is 0 Å². The molecule has 1 unspecified atom stereocenters. The number of anilines is 3. The molecular weight excluding hydrogens is 683 g/mol. The van der Waals surface area contributed by atoms with E-state index in [4.69, 9.17) is 0 Å². The van der Waals surface area contributed by atoms with Gasteiger partial charge in [-0.25, -0.2) is 0 Å². The molecule has 1 atom stereocenters. The van der Waals surface area contributed by atoms with Crippen LogP contribution in [0.25, 0.3) is 64.0 Å². The van der Waals surface area contributed by atoms with E-state index in [0.717, 1.165) is 23.5 Å². The second-order valence-electron chi connectivity index (χ2n) is 15.1. The summed E-state index contributed by atoms with van der Waals surface area (Å²) < 4.78 is 2.63. The Morgan fingerprint density at radius 2 is 1.04 bits per heavy atom. The molecule has 0 aliphatic heterocycles. The SMILES string of the molecule is CCc1ccc2cccc3c2c1C1(c2ccccc2-c2ccc(N(c4ccc5ccccc5c4)c4ccc5sc6ccccc6c5c4)cc21)c1ccccc1-3. The molecule has 0 fully saturated rings. The van der Waals surface area contributed by atoms with Crippen LogP contribution in [0.4, 0.5) is 17.1 Å². The Morgan fingerprint density at radius 1 is 0.436 bits per heavy atom. The first-order valence-corrected chi connectivity index (χ1v) is 20.1. The van der Waals surface area contributed by atoms with Crippen molar-refractivity contribution in [3.05, 3.63) is 210 Å². The number of aryl methyl sites for hydroxylation is 1. The standard InChI is InChI=1S/C53H35NS/c1-2-33-22-23-35-14-11-18-44-41-16-6-9-20-47(41)53(52(33)51(35)44)46-19-8-5-15-40(46)42-28-26-39(32-48(42)53)54(37-25-24-34-12-3-4-13-36(34)30-37)38-27-29-50-45(31-38)43-17-7-10-21-49(43)55-50/h3-32H,2H2,1H3. The largest absolute Gasteiger partial charge is 0.310 e. The predicted molar refractivity (Wildman–Crippen MR) is 235 cm³/mol. The lowest BCUT2D eigenvalue weighted by Gasteiger charge is -2.41. The van der Waals surface area contributed by atoms with Crippen LogP contribution >= 0.6 is 11.3 Å². The molecule has 1 spiro atoms. The summed E-state index contributed by atoms with van der Waals surface area (Å²) in [7, 11) is 0. The molecule has 1 nitrogen and oxygen atoms in total. The Morgan fingerprint density at radius 3 is 1.89 bits per heavy atom. The van der Waals surface area contributed by atoms with Gasteiger partial charge >= 0.3 is 0 Å². The summed E-state index contributed by atoms with van der Waals surface area (Å²) in [4.78, 5) is 2.49. The van der Waals surface area contributed by atoms with Crippen LogP contribution in [0.3, 0.4) is 0 Å². The Balaban J connectivity index is 1.19. The summed E-state index contributed by atoms with van der Waals surface area (Å²) in [5.74, 6) is 0. The molecule has 258 valence electrons. The lowest BCUT2D eigenvalue weighted by molar-refractivity contribution is 0.759. The summed E-state index contributed by atoms with van der Waals surface area (Å²) in [5.41, 5.74) is 15.2. The zero-order chi connectivity index (χ0) is 36.3. The number of nitrogens with zero attached hydrogens (tertiary/aromatic N) is 1. The molecular formula is C53H35NS. The van der Waals surface area contributed by atoms with Gasteiger partial charge in [0.1, 0.15) is 0 Å². The molecule has 2 heteroatoms. The van der Waals surface area contributed by atoms with E-state index in [2.05, 4.69) is 194 Å². The summed E-state index contributed by atoms with van der Waals surface area (Å²) in [6.45, 7) is 2.32. The van der Waals surface area contributed by atoms with Crippen LogP contribution in [0.1, 0.15) is 34.7 Å². The van der Waals surface area contributed by atoms with Crippen LogP contribution in [-0.4, -0.2) is 0 Å². The maximum atomic E-state index is 2.53. The number of hydrogen-bond acceptors (Lipinski definition) is 2. The van der Waals surface area contributed by atoms with Gasteiger partial charge in [0, 0.05) is 37.2 Å². The topological polar surface area (TPSA) is 3.24 Å². The van der Waals surface area contributed by atoms with Crippen LogP contribution in [0.15, 0.2) is 182 Å². The van der Waals surface area contributed by atoms with Crippen LogP contribution in [0.5, 0.6) is 0 Å². The van der Waals surface area contributed by atoms with Crippen LogP contribution in [0, 0.1) is 0 Å². The first-order chi connectivity index (χ1) is 27.2. The lowest BCUT2D eigenvalue weighted by atomic mass is 9.60. The molecule has 55 heavy (non-hydrogen) atoms. The minimum absolute atomic E-state index is 0.486. The van der Waals surface area contributed by atoms with Crippen molar-refractivity contribution in [3.8, 4) is 22.3 Å². The predicted octanol–water partition coefficient (Wildman–Crippen LogP) is 14.7. The first-order valence-electron chi connectivity index (χ1n) is 19.3. The van der Waals surface area contributed by atoms with Gasteiger partial charge in [-0.15, -0.1) is 11.3 Å². The second-order valence-corrected chi connectivity index (χ2v) is 16.2. The van der Waals surface area contributed by atoms with E-state index in [1.165, 1.54) is 91.8 Å². The molecule has 0 bridgehead atoms. The van der Waals surface area contributed by atoms with E-state index in [9.17, 15) is 0 Å². The molecule has 0 N–H and O–H groups in total. The minimum Gasteiger partial charge on any atom is -0.310 e. The maximum Gasteiger partial charge on any atom is 0.0729 e. The zero-order valence-corrected chi connectivity index (χ0v) is 31.2. The highest BCUT2D eigenvalue weighted by Crippen LogP contribution is 2.63. The molecule has 10 aromatic rings. The van der Waals surface area contributed by atoms with Gasteiger partial charge in [-0.05, 0) is 127 Å². The highest BCUT2D eigenvalue weighted by Gasteiger charge is 2.51. The summed E-state index contributed by atoms with van der Waals surface area (Å²) in [6, 6.07) is 68.7. The Hall–Kier alpha value is -6.48. The fraction of sp³-hybridized carbons (Fsp3) is 0.0566. The van der Waals surface area contributed by atoms with E-state index in [1.54, 1.807) is 0 Å². The normalized spacial score (nSPS) is 15.1. The summed E-state index contributed by atoms with van der Waals surface area (Å²) >= 11 is 1.87. The smallest absolute Gasteiger partial charge is 0.0729 e. The third kappa shape index (κ3) is 4.18. The van der Waals surface area contributed by atoms with Crippen molar-refractivity contribution < 1.29 is 0 Å². The van der Waals surface area contributed by atoms with Gasteiger partial charge in [0.25, 0.3) is 0 Å². The summed E-state index contributed by atoms with van der Waals surface area (Å²) in [6.07, 6.45) is 0.957. The van der Waals surface area contributed by atoms with Crippen molar-refractivity contribution in [1.82, 2.24) is 0 Å². The number of fused-ring (bicyclic) bond motifs is 13. The molecule has 0 amide bonds. The van der Waals surface area contributed by atoms with Gasteiger partial charge in [0.2, 0.25) is 0 Å². The number of thiophene rings is 1. The van der Waals surface area contributed by atoms with Gasteiger partial charge in [0.15, 0.2) is 0 Å². The monoisotopic (exact) mass is 717 g/mol.